The minimum Gasteiger partial charge on any atom is -0.495 e. The van der Waals surface area contributed by atoms with Crippen molar-refractivity contribution < 1.29 is 22.3 Å². The van der Waals surface area contributed by atoms with Crippen molar-refractivity contribution >= 4 is 10.0 Å². The van der Waals surface area contributed by atoms with Gasteiger partial charge < -0.3 is 9.47 Å². The van der Waals surface area contributed by atoms with Gasteiger partial charge in [0.25, 0.3) is 0 Å². The molecule has 3 aromatic rings. The van der Waals surface area contributed by atoms with Crippen molar-refractivity contribution in [2.45, 2.75) is 10.9 Å². The molecule has 4 rings (SSSR count). The fourth-order valence-corrected chi connectivity index (χ4v) is 5.31. The van der Waals surface area contributed by atoms with Gasteiger partial charge in [0.05, 0.1) is 20.3 Å². The van der Waals surface area contributed by atoms with Crippen molar-refractivity contribution in [3.05, 3.63) is 77.6 Å². The summed E-state index contributed by atoms with van der Waals surface area (Å²) in [7, 11) is 0.0644. The molecule has 0 saturated heterocycles. The highest BCUT2D eigenvalue weighted by molar-refractivity contribution is 7.89. The van der Waals surface area contributed by atoms with Crippen molar-refractivity contribution in [2.75, 3.05) is 21.3 Å². The fourth-order valence-electron chi connectivity index (χ4n) is 3.85. The Hall–Kier alpha value is -2.90. The first-order valence-electron chi connectivity index (χ1n) is 8.98. The zero-order valence-corrected chi connectivity index (χ0v) is 17.0. The lowest BCUT2D eigenvalue weighted by Crippen LogP contribution is -2.31. The van der Waals surface area contributed by atoms with E-state index in [1.165, 1.54) is 31.6 Å². The van der Waals surface area contributed by atoms with Crippen LogP contribution in [0.4, 0.5) is 4.39 Å². The second-order valence-corrected chi connectivity index (χ2v) is 8.70. The molecule has 0 aromatic heterocycles. The Labute approximate surface area is 169 Å². The van der Waals surface area contributed by atoms with Crippen LogP contribution in [0, 0.1) is 5.82 Å². The van der Waals surface area contributed by atoms with Crippen LogP contribution in [0.5, 0.6) is 11.5 Å². The maximum atomic E-state index is 14.4. The number of hydrogen-bond donors (Lipinski definition) is 0. The van der Waals surface area contributed by atoms with E-state index in [1.807, 2.05) is 48.5 Å². The van der Waals surface area contributed by atoms with Crippen LogP contribution in [-0.2, 0) is 10.0 Å². The first-order chi connectivity index (χ1) is 13.9. The summed E-state index contributed by atoms with van der Waals surface area (Å²) in [5.41, 5.74) is 3.74. The van der Waals surface area contributed by atoms with E-state index in [-0.39, 0.29) is 16.4 Å². The van der Waals surface area contributed by atoms with Crippen LogP contribution in [0.2, 0.25) is 0 Å². The molecule has 150 valence electrons. The van der Waals surface area contributed by atoms with Gasteiger partial charge in [-0.1, -0.05) is 48.5 Å². The molecule has 0 fully saturated rings. The predicted octanol–water partition coefficient (Wildman–Crippen LogP) is 4.23. The Morgan fingerprint density at radius 1 is 0.862 bits per heavy atom. The molecule has 0 atom stereocenters. The SMILES string of the molecule is COc1cc(OC)c(S(=O)(=O)N(C)C2c3ccccc3-c3ccccc32)cc1F. The van der Waals surface area contributed by atoms with Crippen molar-refractivity contribution in [3.8, 4) is 22.6 Å². The molecular weight excluding hydrogens is 393 g/mol. The van der Waals surface area contributed by atoms with E-state index < -0.39 is 21.9 Å². The summed E-state index contributed by atoms with van der Waals surface area (Å²) in [5, 5.41) is 0. The molecule has 1 aliphatic rings. The normalized spacial score (nSPS) is 13.3. The maximum Gasteiger partial charge on any atom is 0.247 e. The van der Waals surface area contributed by atoms with Gasteiger partial charge >= 0.3 is 0 Å². The summed E-state index contributed by atoms with van der Waals surface area (Å²) >= 11 is 0. The number of nitrogens with zero attached hydrogens (tertiary/aromatic N) is 1. The van der Waals surface area contributed by atoms with E-state index in [9.17, 15) is 12.8 Å². The molecule has 0 bridgehead atoms. The largest absolute Gasteiger partial charge is 0.495 e. The standard InChI is InChI=1S/C22H20FNO4S/c1-24(29(25,26)21-12-18(23)19(27-2)13-20(21)28-3)22-16-10-6-4-8-14(16)15-9-5-7-11-17(15)22/h4-13,22H,1-3H3. The molecule has 0 amide bonds. The third kappa shape index (κ3) is 2.97. The lowest BCUT2D eigenvalue weighted by atomic mass is 10.1. The van der Waals surface area contributed by atoms with Crippen LogP contribution in [0.15, 0.2) is 65.6 Å². The number of sulfonamides is 1. The molecule has 7 heteroatoms. The number of hydrogen-bond acceptors (Lipinski definition) is 4. The third-order valence-corrected chi connectivity index (χ3v) is 7.10. The zero-order valence-electron chi connectivity index (χ0n) is 16.2. The van der Waals surface area contributed by atoms with Gasteiger partial charge in [-0.25, -0.2) is 12.8 Å². The molecule has 0 heterocycles. The van der Waals surface area contributed by atoms with Gasteiger partial charge in [-0.15, -0.1) is 0 Å². The Morgan fingerprint density at radius 3 is 1.90 bits per heavy atom. The molecule has 0 spiro atoms. The molecule has 0 saturated carbocycles. The lowest BCUT2D eigenvalue weighted by Gasteiger charge is -2.26. The van der Waals surface area contributed by atoms with Gasteiger partial charge in [-0.2, -0.15) is 4.31 Å². The summed E-state index contributed by atoms with van der Waals surface area (Å²) in [6, 6.07) is 17.0. The molecule has 0 unspecified atom stereocenters. The van der Waals surface area contributed by atoms with Crippen LogP contribution >= 0.6 is 0 Å². The summed E-state index contributed by atoms with van der Waals surface area (Å²) in [6.45, 7) is 0. The highest BCUT2D eigenvalue weighted by Crippen LogP contribution is 2.47. The Bertz CT molecular complexity index is 1150. The number of methoxy groups -OCH3 is 2. The van der Waals surface area contributed by atoms with Crippen molar-refractivity contribution in [3.63, 3.8) is 0 Å². The van der Waals surface area contributed by atoms with Crippen LogP contribution in [0.3, 0.4) is 0 Å². The minimum absolute atomic E-state index is 0.0228. The van der Waals surface area contributed by atoms with E-state index in [4.69, 9.17) is 9.47 Å². The molecular formula is C22H20FNO4S. The summed E-state index contributed by atoms with van der Waals surface area (Å²) in [4.78, 5) is -0.248. The monoisotopic (exact) mass is 413 g/mol. The van der Waals surface area contributed by atoms with Crippen molar-refractivity contribution in [2.24, 2.45) is 0 Å². The number of fused-ring (bicyclic) bond motifs is 3. The molecule has 0 aliphatic heterocycles. The Balaban J connectivity index is 1.87. The number of rotatable bonds is 5. The molecule has 5 nitrogen and oxygen atoms in total. The van der Waals surface area contributed by atoms with E-state index in [2.05, 4.69) is 0 Å². The fraction of sp³-hybridized carbons (Fsp3) is 0.182. The zero-order chi connectivity index (χ0) is 20.8. The van der Waals surface area contributed by atoms with Crippen LogP contribution in [0.25, 0.3) is 11.1 Å². The predicted molar refractivity (Wildman–Crippen MR) is 108 cm³/mol. The first kappa shape index (κ1) is 19.4. The van der Waals surface area contributed by atoms with Crippen LogP contribution in [0.1, 0.15) is 17.2 Å². The van der Waals surface area contributed by atoms with Crippen LogP contribution in [-0.4, -0.2) is 34.0 Å². The van der Waals surface area contributed by atoms with Gasteiger partial charge in [0.2, 0.25) is 10.0 Å². The second kappa shape index (κ2) is 7.17. The van der Waals surface area contributed by atoms with Gasteiger partial charge in [-0.3, -0.25) is 0 Å². The average molecular weight is 413 g/mol. The summed E-state index contributed by atoms with van der Waals surface area (Å²) < 4.78 is 52.8. The quantitative estimate of drug-likeness (QED) is 0.628. The van der Waals surface area contributed by atoms with Crippen molar-refractivity contribution in [1.29, 1.82) is 0 Å². The molecule has 0 N–H and O–H groups in total. The van der Waals surface area contributed by atoms with Gasteiger partial charge in [-0.05, 0) is 22.3 Å². The number of benzene rings is 3. The smallest absolute Gasteiger partial charge is 0.247 e. The van der Waals surface area contributed by atoms with Crippen molar-refractivity contribution in [1.82, 2.24) is 4.31 Å². The summed E-state index contributed by atoms with van der Waals surface area (Å²) in [6.07, 6.45) is 0. The molecule has 3 aromatic carbocycles. The first-order valence-corrected chi connectivity index (χ1v) is 10.4. The van der Waals surface area contributed by atoms with E-state index in [0.29, 0.717) is 0 Å². The molecule has 0 radical (unpaired) electrons. The third-order valence-electron chi connectivity index (χ3n) is 5.26. The van der Waals surface area contributed by atoms with Crippen LogP contribution < -0.4 is 9.47 Å². The van der Waals surface area contributed by atoms with Gasteiger partial charge in [0, 0.05) is 19.2 Å². The highest BCUT2D eigenvalue weighted by Gasteiger charge is 2.38. The molecule has 1 aliphatic carbocycles. The average Bonchev–Trinajstić information content (AvgIpc) is 3.07. The lowest BCUT2D eigenvalue weighted by molar-refractivity contribution is 0.364. The van der Waals surface area contributed by atoms with E-state index in [0.717, 1.165) is 28.3 Å². The summed E-state index contributed by atoms with van der Waals surface area (Å²) in [5.74, 6) is -0.831. The minimum atomic E-state index is -4.09. The maximum absolute atomic E-state index is 14.4. The topological polar surface area (TPSA) is 55.8 Å². The Kier molecular flexibility index (Phi) is 4.80. The second-order valence-electron chi connectivity index (χ2n) is 6.74. The van der Waals surface area contributed by atoms with E-state index >= 15 is 0 Å². The van der Waals surface area contributed by atoms with Gasteiger partial charge in [0.15, 0.2) is 11.6 Å². The Morgan fingerprint density at radius 2 is 1.38 bits per heavy atom. The number of ether oxygens (including phenoxy) is 2. The highest BCUT2D eigenvalue weighted by atomic mass is 32.2. The van der Waals surface area contributed by atoms with Gasteiger partial charge in [0.1, 0.15) is 10.6 Å². The number of halogens is 1. The molecule has 29 heavy (non-hydrogen) atoms. The van der Waals surface area contributed by atoms with E-state index in [1.54, 1.807) is 0 Å².